The van der Waals surface area contributed by atoms with Gasteiger partial charge >= 0.3 is 0 Å². The Kier molecular flexibility index (Phi) is 6.73. The monoisotopic (exact) mass is 393 g/mol. The fraction of sp³-hybridized carbons (Fsp3) is 0.632. The van der Waals surface area contributed by atoms with E-state index < -0.39 is 10.0 Å². The summed E-state index contributed by atoms with van der Waals surface area (Å²) in [5.41, 5.74) is 0.897. The summed E-state index contributed by atoms with van der Waals surface area (Å²) in [5, 5.41) is 6.81. The molecule has 27 heavy (non-hydrogen) atoms. The first-order chi connectivity index (χ1) is 13.0. The molecule has 1 saturated carbocycles. The zero-order chi connectivity index (χ0) is 19.3. The topological polar surface area (TPSA) is 85.8 Å². The molecule has 1 heterocycles. The van der Waals surface area contributed by atoms with Crippen molar-refractivity contribution >= 4 is 16.0 Å². The summed E-state index contributed by atoms with van der Waals surface area (Å²) in [5.74, 6) is 0.759. The van der Waals surface area contributed by atoms with E-state index >= 15 is 0 Å². The highest BCUT2D eigenvalue weighted by atomic mass is 32.2. The van der Waals surface area contributed by atoms with Gasteiger partial charge < -0.3 is 10.6 Å². The molecule has 8 heteroatoms. The smallest absolute Gasteiger partial charge is 0.240 e. The third-order valence-electron chi connectivity index (χ3n) is 5.56. The number of nitrogens with zero attached hydrogens (tertiary/aromatic N) is 2. The van der Waals surface area contributed by atoms with E-state index in [1.54, 1.807) is 25.2 Å². The number of guanidine groups is 1. The van der Waals surface area contributed by atoms with Gasteiger partial charge in [-0.3, -0.25) is 9.89 Å². The van der Waals surface area contributed by atoms with E-state index in [0.29, 0.717) is 12.6 Å². The second-order valence-electron chi connectivity index (χ2n) is 7.34. The van der Waals surface area contributed by atoms with E-state index in [1.807, 2.05) is 6.07 Å². The van der Waals surface area contributed by atoms with Gasteiger partial charge in [0.1, 0.15) is 0 Å². The van der Waals surface area contributed by atoms with Crippen molar-refractivity contribution in [3.63, 3.8) is 0 Å². The average molecular weight is 394 g/mol. The van der Waals surface area contributed by atoms with E-state index in [2.05, 4.69) is 25.2 Å². The molecule has 0 bridgehead atoms. The minimum Gasteiger partial charge on any atom is -0.352 e. The zero-order valence-electron chi connectivity index (χ0n) is 16.2. The summed E-state index contributed by atoms with van der Waals surface area (Å²) in [4.78, 5) is 7.21. The van der Waals surface area contributed by atoms with Crippen molar-refractivity contribution in [1.29, 1.82) is 0 Å². The molecule has 3 N–H and O–H groups in total. The summed E-state index contributed by atoms with van der Waals surface area (Å²) in [6.07, 6.45) is 6.54. The van der Waals surface area contributed by atoms with E-state index in [1.165, 1.54) is 32.7 Å². The molecule has 2 fully saturated rings. The van der Waals surface area contributed by atoms with Crippen molar-refractivity contribution in [3.05, 3.63) is 29.8 Å². The molecular formula is C19H31N5O2S. The van der Waals surface area contributed by atoms with Crippen LogP contribution in [0.1, 0.15) is 37.7 Å². The maximum absolute atomic E-state index is 11.9. The number of hydrogen-bond acceptors (Lipinski definition) is 4. The molecule has 1 atom stereocenters. The number of nitrogens with one attached hydrogen (secondary N) is 3. The molecule has 1 saturated heterocycles. The van der Waals surface area contributed by atoms with Crippen molar-refractivity contribution in [3.8, 4) is 0 Å². The Balaban J connectivity index is 1.52. The first-order valence-electron chi connectivity index (χ1n) is 9.75. The molecule has 1 aromatic rings. The van der Waals surface area contributed by atoms with Crippen molar-refractivity contribution in [2.75, 3.05) is 27.2 Å². The number of sulfonamides is 1. The van der Waals surface area contributed by atoms with Crippen LogP contribution in [0.25, 0.3) is 0 Å². The van der Waals surface area contributed by atoms with Crippen molar-refractivity contribution in [2.45, 2.75) is 55.6 Å². The first kappa shape index (κ1) is 20.1. The molecule has 1 unspecified atom stereocenters. The molecule has 0 spiro atoms. The van der Waals surface area contributed by atoms with Gasteiger partial charge in [-0.2, -0.15) is 0 Å². The molecule has 0 radical (unpaired) electrons. The molecular weight excluding hydrogens is 362 g/mol. The Labute approximate surface area is 162 Å². The third kappa shape index (κ3) is 5.21. The van der Waals surface area contributed by atoms with E-state index in [0.717, 1.165) is 37.1 Å². The van der Waals surface area contributed by atoms with Crippen LogP contribution in [0.4, 0.5) is 0 Å². The van der Waals surface area contributed by atoms with Crippen LogP contribution in [0.15, 0.2) is 34.2 Å². The number of aliphatic imine (C=N–C) groups is 1. The van der Waals surface area contributed by atoms with Gasteiger partial charge in [0.15, 0.2) is 5.96 Å². The maximum atomic E-state index is 11.9. The fourth-order valence-corrected chi connectivity index (χ4v) is 4.82. The molecule has 7 nitrogen and oxygen atoms in total. The van der Waals surface area contributed by atoms with Gasteiger partial charge in [0.25, 0.3) is 0 Å². The Morgan fingerprint density at radius 1 is 1.26 bits per heavy atom. The second-order valence-corrected chi connectivity index (χ2v) is 9.23. The Bertz CT molecular complexity index is 759. The predicted molar refractivity (Wildman–Crippen MR) is 108 cm³/mol. The molecule has 1 aliphatic heterocycles. The van der Waals surface area contributed by atoms with E-state index in [9.17, 15) is 8.42 Å². The predicted octanol–water partition coefficient (Wildman–Crippen LogP) is 1.28. The lowest BCUT2D eigenvalue weighted by Crippen LogP contribution is -2.45. The number of hydrogen-bond donors (Lipinski definition) is 3. The Hall–Kier alpha value is -1.64. The summed E-state index contributed by atoms with van der Waals surface area (Å²) < 4.78 is 26.2. The van der Waals surface area contributed by atoms with Crippen LogP contribution in [-0.2, 0) is 16.6 Å². The van der Waals surface area contributed by atoms with Crippen LogP contribution in [0.2, 0.25) is 0 Å². The van der Waals surface area contributed by atoms with Crippen LogP contribution in [0.5, 0.6) is 0 Å². The highest BCUT2D eigenvalue weighted by Gasteiger charge is 2.30. The molecule has 150 valence electrons. The van der Waals surface area contributed by atoms with Crippen LogP contribution in [0.3, 0.4) is 0 Å². The van der Waals surface area contributed by atoms with Gasteiger partial charge in [0.2, 0.25) is 10.0 Å². The highest BCUT2D eigenvalue weighted by molar-refractivity contribution is 7.89. The first-order valence-corrected chi connectivity index (χ1v) is 11.2. The van der Waals surface area contributed by atoms with Gasteiger partial charge in [-0.25, -0.2) is 13.1 Å². The SMILES string of the molecule is CN=C(NCc1cccc(S(=O)(=O)NC)c1)NC1CCN(C2CCCC2)C1. The average Bonchev–Trinajstić information content (AvgIpc) is 3.37. The lowest BCUT2D eigenvalue weighted by Gasteiger charge is -2.24. The van der Waals surface area contributed by atoms with Crippen LogP contribution in [0, 0.1) is 0 Å². The van der Waals surface area contributed by atoms with Gasteiger partial charge in [-0.05, 0) is 44.0 Å². The quantitative estimate of drug-likeness (QED) is 0.501. The third-order valence-corrected chi connectivity index (χ3v) is 6.97. The number of rotatable bonds is 6. The largest absolute Gasteiger partial charge is 0.352 e. The van der Waals surface area contributed by atoms with Gasteiger partial charge in [-0.15, -0.1) is 0 Å². The van der Waals surface area contributed by atoms with E-state index in [-0.39, 0.29) is 4.90 Å². The van der Waals surface area contributed by atoms with Gasteiger partial charge in [0, 0.05) is 38.8 Å². The van der Waals surface area contributed by atoms with Crippen molar-refractivity contribution in [1.82, 2.24) is 20.3 Å². The van der Waals surface area contributed by atoms with Crippen LogP contribution < -0.4 is 15.4 Å². The zero-order valence-corrected chi connectivity index (χ0v) is 17.1. The van der Waals surface area contributed by atoms with Gasteiger partial charge in [-0.1, -0.05) is 25.0 Å². The second kappa shape index (κ2) is 9.03. The van der Waals surface area contributed by atoms with Gasteiger partial charge in [0.05, 0.1) is 4.90 Å². The minimum absolute atomic E-state index is 0.273. The Morgan fingerprint density at radius 2 is 2.04 bits per heavy atom. The fourth-order valence-electron chi connectivity index (χ4n) is 4.02. The van der Waals surface area contributed by atoms with E-state index in [4.69, 9.17) is 0 Å². The van der Waals surface area contributed by atoms with Crippen LogP contribution >= 0.6 is 0 Å². The minimum atomic E-state index is -3.43. The summed E-state index contributed by atoms with van der Waals surface area (Å²) >= 11 is 0. The van der Waals surface area contributed by atoms with Crippen LogP contribution in [-0.4, -0.2) is 58.5 Å². The lowest BCUT2D eigenvalue weighted by atomic mass is 10.2. The molecule has 1 aliphatic carbocycles. The maximum Gasteiger partial charge on any atom is 0.240 e. The summed E-state index contributed by atoms with van der Waals surface area (Å²) in [6, 6.07) is 8.12. The summed E-state index contributed by atoms with van der Waals surface area (Å²) in [7, 11) is -0.243. The van der Waals surface area contributed by atoms with Crippen molar-refractivity contribution in [2.24, 2.45) is 4.99 Å². The standard InChI is InChI=1S/C19H31N5O2S/c1-20-19(23-16-10-11-24(14-16)17-7-3-4-8-17)22-13-15-6-5-9-18(12-15)27(25,26)21-2/h5-6,9,12,16-17,21H,3-4,7-8,10-11,13-14H2,1-2H3,(H2,20,22,23). The number of likely N-dealkylation sites (tertiary alicyclic amines) is 1. The highest BCUT2D eigenvalue weighted by Crippen LogP contribution is 2.26. The molecule has 3 rings (SSSR count). The molecule has 0 amide bonds. The normalized spacial score (nSPS) is 22.3. The Morgan fingerprint density at radius 3 is 2.74 bits per heavy atom. The number of benzene rings is 1. The molecule has 2 aliphatic rings. The molecule has 0 aromatic heterocycles. The lowest BCUT2D eigenvalue weighted by molar-refractivity contribution is 0.242. The molecule has 1 aromatic carbocycles. The van der Waals surface area contributed by atoms with Crippen molar-refractivity contribution < 1.29 is 8.42 Å². The summed E-state index contributed by atoms with van der Waals surface area (Å²) in [6.45, 7) is 2.75.